The normalized spacial score (nSPS) is 16.7. The Kier molecular flexibility index (Phi) is 4.94. The van der Waals surface area contributed by atoms with E-state index in [1.165, 1.54) is 5.56 Å². The highest BCUT2D eigenvalue weighted by molar-refractivity contribution is 5.96. The quantitative estimate of drug-likeness (QED) is 0.807. The van der Waals surface area contributed by atoms with Crippen LogP contribution in [0, 0.1) is 5.92 Å². The van der Waals surface area contributed by atoms with Crippen molar-refractivity contribution in [1.82, 2.24) is 5.32 Å². The zero-order chi connectivity index (χ0) is 12.8. The fourth-order valence-corrected chi connectivity index (χ4v) is 2.61. The van der Waals surface area contributed by atoms with E-state index in [4.69, 9.17) is 0 Å². The lowest BCUT2D eigenvalue weighted by Gasteiger charge is -2.21. The third kappa shape index (κ3) is 3.67. The molecular formula is C16H23NO. The molecule has 0 saturated carbocycles. The zero-order valence-electron chi connectivity index (χ0n) is 11.2. The van der Waals surface area contributed by atoms with E-state index in [2.05, 4.69) is 24.4 Å². The van der Waals surface area contributed by atoms with Gasteiger partial charge in [-0.3, -0.25) is 4.79 Å². The number of rotatable bonds is 5. The van der Waals surface area contributed by atoms with E-state index in [0.717, 1.165) is 50.8 Å². The Bertz CT molecular complexity index is 377. The van der Waals surface area contributed by atoms with Gasteiger partial charge in [0.05, 0.1) is 0 Å². The van der Waals surface area contributed by atoms with Crippen molar-refractivity contribution < 1.29 is 4.79 Å². The summed E-state index contributed by atoms with van der Waals surface area (Å²) in [6, 6.07) is 8.18. The largest absolute Gasteiger partial charge is 0.317 e. The molecule has 2 heteroatoms. The first kappa shape index (κ1) is 13.3. The maximum absolute atomic E-state index is 12.2. The van der Waals surface area contributed by atoms with Crippen molar-refractivity contribution in [3.8, 4) is 0 Å². The first-order valence-electron chi connectivity index (χ1n) is 7.12. The van der Waals surface area contributed by atoms with Crippen LogP contribution in [0.15, 0.2) is 24.3 Å². The number of piperidine rings is 1. The number of nitrogens with one attached hydrogen (secondary N) is 1. The number of Topliss-reactive ketones (excluding diaryl/α,β-unsaturated/α-hetero) is 1. The van der Waals surface area contributed by atoms with E-state index >= 15 is 0 Å². The molecule has 0 aliphatic carbocycles. The van der Waals surface area contributed by atoms with E-state index < -0.39 is 0 Å². The molecule has 0 radical (unpaired) electrons. The van der Waals surface area contributed by atoms with Crippen LogP contribution in [-0.2, 0) is 6.42 Å². The number of carbonyl (C=O) groups is 1. The lowest BCUT2D eigenvalue weighted by molar-refractivity contribution is 0.0952. The van der Waals surface area contributed by atoms with Gasteiger partial charge in [0.15, 0.2) is 5.78 Å². The van der Waals surface area contributed by atoms with Gasteiger partial charge in [-0.15, -0.1) is 0 Å². The molecule has 18 heavy (non-hydrogen) atoms. The molecule has 2 rings (SSSR count). The Balaban J connectivity index is 1.91. The molecule has 98 valence electrons. The number of ketones is 1. The van der Waals surface area contributed by atoms with Crippen molar-refractivity contribution in [2.75, 3.05) is 13.1 Å². The monoisotopic (exact) mass is 245 g/mol. The second-order valence-corrected chi connectivity index (χ2v) is 5.27. The van der Waals surface area contributed by atoms with E-state index in [1.807, 2.05) is 12.1 Å². The lowest BCUT2D eigenvalue weighted by atomic mass is 9.90. The van der Waals surface area contributed by atoms with Gasteiger partial charge in [-0.05, 0) is 43.8 Å². The number of benzene rings is 1. The molecule has 1 aromatic rings. The summed E-state index contributed by atoms with van der Waals surface area (Å²) in [5, 5.41) is 3.34. The topological polar surface area (TPSA) is 29.1 Å². The first-order chi connectivity index (χ1) is 8.79. The van der Waals surface area contributed by atoms with Crippen LogP contribution in [-0.4, -0.2) is 18.9 Å². The van der Waals surface area contributed by atoms with E-state index in [1.54, 1.807) is 0 Å². The summed E-state index contributed by atoms with van der Waals surface area (Å²) in [5.74, 6) is 0.888. The van der Waals surface area contributed by atoms with Gasteiger partial charge >= 0.3 is 0 Å². The molecule has 2 nitrogen and oxygen atoms in total. The molecule has 1 fully saturated rings. The first-order valence-corrected chi connectivity index (χ1v) is 7.12. The van der Waals surface area contributed by atoms with Crippen molar-refractivity contribution in [3.63, 3.8) is 0 Å². The summed E-state index contributed by atoms with van der Waals surface area (Å²) < 4.78 is 0. The highest BCUT2D eigenvalue weighted by Gasteiger charge is 2.17. The molecular weight excluding hydrogens is 222 g/mol. The highest BCUT2D eigenvalue weighted by atomic mass is 16.1. The Labute approximate surface area is 110 Å². The highest BCUT2D eigenvalue weighted by Crippen LogP contribution is 2.19. The average Bonchev–Trinajstić information content (AvgIpc) is 2.41. The maximum Gasteiger partial charge on any atom is 0.163 e. The Morgan fingerprint density at radius 1 is 1.22 bits per heavy atom. The van der Waals surface area contributed by atoms with E-state index in [9.17, 15) is 4.79 Å². The molecule has 0 aromatic heterocycles. The van der Waals surface area contributed by atoms with Gasteiger partial charge in [-0.1, -0.05) is 37.6 Å². The van der Waals surface area contributed by atoms with Crippen LogP contribution in [0.4, 0.5) is 0 Å². The summed E-state index contributed by atoms with van der Waals surface area (Å²) in [6.45, 7) is 4.30. The fraction of sp³-hybridized carbons (Fsp3) is 0.562. The molecule has 1 aliphatic rings. The van der Waals surface area contributed by atoms with Crippen LogP contribution in [0.3, 0.4) is 0 Å². The number of carbonyl (C=O) groups excluding carboxylic acids is 1. The minimum atomic E-state index is 0.310. The second kappa shape index (κ2) is 6.69. The molecule has 1 heterocycles. The molecule has 0 atom stereocenters. The van der Waals surface area contributed by atoms with Gasteiger partial charge in [0, 0.05) is 12.0 Å². The number of aryl methyl sites for hydroxylation is 1. The van der Waals surface area contributed by atoms with Crippen molar-refractivity contribution in [2.24, 2.45) is 5.92 Å². The van der Waals surface area contributed by atoms with Crippen LogP contribution in [0.2, 0.25) is 0 Å². The summed E-state index contributed by atoms with van der Waals surface area (Å²) in [5.41, 5.74) is 2.21. The zero-order valence-corrected chi connectivity index (χ0v) is 11.2. The summed E-state index contributed by atoms with van der Waals surface area (Å²) >= 11 is 0. The van der Waals surface area contributed by atoms with Gasteiger partial charge in [-0.25, -0.2) is 0 Å². The fourth-order valence-electron chi connectivity index (χ4n) is 2.61. The number of hydrogen-bond donors (Lipinski definition) is 1. The van der Waals surface area contributed by atoms with Crippen LogP contribution in [0.5, 0.6) is 0 Å². The lowest BCUT2D eigenvalue weighted by Crippen LogP contribution is -2.28. The van der Waals surface area contributed by atoms with Crippen molar-refractivity contribution >= 4 is 5.78 Å². The Hall–Kier alpha value is -1.15. The molecule has 1 aliphatic heterocycles. The van der Waals surface area contributed by atoms with Crippen molar-refractivity contribution in [2.45, 2.75) is 39.0 Å². The van der Waals surface area contributed by atoms with Gasteiger partial charge in [-0.2, -0.15) is 0 Å². The molecule has 0 bridgehead atoms. The molecule has 1 saturated heterocycles. The standard InChI is InChI=1S/C16H23NO/c1-2-3-13-4-6-15(7-5-13)16(18)12-14-8-10-17-11-9-14/h4-7,14,17H,2-3,8-12H2,1H3. The number of hydrogen-bond acceptors (Lipinski definition) is 2. The minimum Gasteiger partial charge on any atom is -0.317 e. The smallest absolute Gasteiger partial charge is 0.163 e. The third-order valence-corrected chi connectivity index (χ3v) is 3.75. The predicted molar refractivity (Wildman–Crippen MR) is 75.0 cm³/mol. The Morgan fingerprint density at radius 3 is 2.50 bits per heavy atom. The van der Waals surface area contributed by atoms with Crippen LogP contribution in [0.1, 0.15) is 48.5 Å². The second-order valence-electron chi connectivity index (χ2n) is 5.27. The molecule has 0 spiro atoms. The molecule has 1 N–H and O–H groups in total. The van der Waals surface area contributed by atoms with Gasteiger partial charge in [0.2, 0.25) is 0 Å². The minimum absolute atomic E-state index is 0.310. The molecule has 0 unspecified atom stereocenters. The average molecular weight is 245 g/mol. The molecule has 1 aromatic carbocycles. The Morgan fingerprint density at radius 2 is 1.89 bits per heavy atom. The van der Waals surface area contributed by atoms with Crippen LogP contribution < -0.4 is 5.32 Å². The van der Waals surface area contributed by atoms with Crippen LogP contribution in [0.25, 0.3) is 0 Å². The van der Waals surface area contributed by atoms with Gasteiger partial charge < -0.3 is 5.32 Å². The molecule has 0 amide bonds. The maximum atomic E-state index is 12.2. The SMILES string of the molecule is CCCc1ccc(C(=O)CC2CCNCC2)cc1. The van der Waals surface area contributed by atoms with Crippen LogP contribution >= 0.6 is 0 Å². The summed E-state index contributed by atoms with van der Waals surface area (Å²) in [7, 11) is 0. The third-order valence-electron chi connectivity index (χ3n) is 3.75. The van der Waals surface area contributed by atoms with E-state index in [0.29, 0.717) is 11.7 Å². The predicted octanol–water partition coefficient (Wildman–Crippen LogP) is 3.21. The van der Waals surface area contributed by atoms with Gasteiger partial charge in [0.1, 0.15) is 0 Å². The van der Waals surface area contributed by atoms with Crippen molar-refractivity contribution in [3.05, 3.63) is 35.4 Å². The van der Waals surface area contributed by atoms with E-state index in [-0.39, 0.29) is 0 Å². The van der Waals surface area contributed by atoms with Gasteiger partial charge in [0.25, 0.3) is 0 Å². The van der Waals surface area contributed by atoms with Crippen molar-refractivity contribution in [1.29, 1.82) is 0 Å². The summed E-state index contributed by atoms with van der Waals surface area (Å²) in [4.78, 5) is 12.2. The summed E-state index contributed by atoms with van der Waals surface area (Å²) in [6.07, 6.45) is 5.25.